The molecule has 2 amide bonds. The minimum absolute atomic E-state index is 0.0735. The average molecular weight is 441 g/mol. The molecule has 1 unspecified atom stereocenters. The van der Waals surface area contributed by atoms with Crippen molar-refractivity contribution >= 4 is 50.0 Å². The van der Waals surface area contributed by atoms with E-state index in [1.807, 2.05) is 42.5 Å². The molecule has 28 heavy (non-hydrogen) atoms. The van der Waals surface area contributed by atoms with Crippen LogP contribution in [-0.4, -0.2) is 41.3 Å². The highest BCUT2D eigenvalue weighted by atomic mass is 79.9. The SMILES string of the molecule is CC(C(=O)Nc1ccc2ccccc2c1)N(C)CC(=O)Nc1ccc(Br)cn1. The number of nitrogens with one attached hydrogen (secondary N) is 2. The third kappa shape index (κ3) is 5.15. The van der Waals surface area contributed by atoms with Gasteiger partial charge in [-0.1, -0.05) is 30.3 Å². The molecule has 0 saturated carbocycles. The Bertz CT molecular complexity index is 991. The number of halogens is 1. The third-order valence-electron chi connectivity index (χ3n) is 4.45. The molecular formula is C21H21BrN4O2. The lowest BCUT2D eigenvalue weighted by Crippen LogP contribution is -2.43. The van der Waals surface area contributed by atoms with E-state index in [0.29, 0.717) is 5.82 Å². The summed E-state index contributed by atoms with van der Waals surface area (Å²) >= 11 is 3.30. The maximum Gasteiger partial charge on any atom is 0.241 e. The van der Waals surface area contributed by atoms with Crippen LogP contribution in [0.3, 0.4) is 0 Å². The van der Waals surface area contributed by atoms with Crippen molar-refractivity contribution < 1.29 is 9.59 Å². The van der Waals surface area contributed by atoms with E-state index in [4.69, 9.17) is 0 Å². The summed E-state index contributed by atoms with van der Waals surface area (Å²) in [5.41, 5.74) is 0.729. The van der Waals surface area contributed by atoms with Gasteiger partial charge in [0.1, 0.15) is 5.82 Å². The van der Waals surface area contributed by atoms with Crippen LogP contribution in [0, 0.1) is 0 Å². The molecule has 0 bridgehead atoms. The van der Waals surface area contributed by atoms with Crippen LogP contribution >= 0.6 is 15.9 Å². The van der Waals surface area contributed by atoms with Crippen molar-refractivity contribution in [3.8, 4) is 0 Å². The summed E-state index contributed by atoms with van der Waals surface area (Å²) in [6.07, 6.45) is 1.61. The summed E-state index contributed by atoms with van der Waals surface area (Å²) < 4.78 is 0.835. The van der Waals surface area contributed by atoms with Gasteiger partial charge in [-0.3, -0.25) is 14.5 Å². The van der Waals surface area contributed by atoms with Crippen molar-refractivity contribution in [1.82, 2.24) is 9.88 Å². The monoisotopic (exact) mass is 440 g/mol. The van der Waals surface area contributed by atoms with Crippen molar-refractivity contribution in [3.63, 3.8) is 0 Å². The molecule has 7 heteroatoms. The van der Waals surface area contributed by atoms with Gasteiger partial charge < -0.3 is 10.6 Å². The molecular weight excluding hydrogens is 420 g/mol. The van der Waals surface area contributed by atoms with Gasteiger partial charge in [-0.05, 0) is 64.9 Å². The number of nitrogens with zero attached hydrogens (tertiary/aromatic N) is 2. The number of rotatable bonds is 6. The molecule has 0 fully saturated rings. The van der Waals surface area contributed by atoms with Crippen molar-refractivity contribution in [2.45, 2.75) is 13.0 Å². The van der Waals surface area contributed by atoms with Crippen LogP contribution in [0.4, 0.5) is 11.5 Å². The van der Waals surface area contributed by atoms with Gasteiger partial charge in [0.2, 0.25) is 11.8 Å². The quantitative estimate of drug-likeness (QED) is 0.609. The number of pyridine rings is 1. The van der Waals surface area contributed by atoms with E-state index in [1.165, 1.54) is 0 Å². The Balaban J connectivity index is 1.56. The molecule has 0 spiro atoms. The zero-order valence-corrected chi connectivity index (χ0v) is 17.2. The molecule has 6 nitrogen and oxygen atoms in total. The zero-order valence-electron chi connectivity index (χ0n) is 15.6. The Hall–Kier alpha value is -2.77. The first-order valence-electron chi connectivity index (χ1n) is 8.83. The van der Waals surface area contributed by atoms with Crippen LogP contribution in [0.15, 0.2) is 65.3 Å². The van der Waals surface area contributed by atoms with E-state index < -0.39 is 6.04 Å². The molecule has 2 N–H and O–H groups in total. The molecule has 0 aliphatic heterocycles. The summed E-state index contributed by atoms with van der Waals surface area (Å²) in [4.78, 5) is 30.6. The summed E-state index contributed by atoms with van der Waals surface area (Å²) in [6.45, 7) is 1.84. The number of carbonyl (C=O) groups excluding carboxylic acids is 2. The van der Waals surface area contributed by atoms with Gasteiger partial charge in [-0.2, -0.15) is 0 Å². The molecule has 0 radical (unpaired) electrons. The fourth-order valence-electron chi connectivity index (χ4n) is 2.71. The van der Waals surface area contributed by atoms with E-state index >= 15 is 0 Å². The second-order valence-electron chi connectivity index (χ2n) is 6.55. The van der Waals surface area contributed by atoms with Crippen LogP contribution in [0.2, 0.25) is 0 Å². The van der Waals surface area contributed by atoms with Crippen LogP contribution in [0.5, 0.6) is 0 Å². The van der Waals surface area contributed by atoms with E-state index in [0.717, 1.165) is 20.9 Å². The Kier molecular flexibility index (Phi) is 6.38. The number of benzene rings is 2. The summed E-state index contributed by atoms with van der Waals surface area (Å²) in [5.74, 6) is 0.0601. The van der Waals surface area contributed by atoms with Crippen LogP contribution in [-0.2, 0) is 9.59 Å². The first-order chi connectivity index (χ1) is 13.4. The normalized spacial score (nSPS) is 12.0. The summed E-state index contributed by atoms with van der Waals surface area (Å²) in [5, 5.41) is 7.81. The summed E-state index contributed by atoms with van der Waals surface area (Å²) in [6, 6.07) is 16.8. The minimum atomic E-state index is -0.477. The van der Waals surface area contributed by atoms with E-state index in [1.54, 1.807) is 37.2 Å². The molecule has 1 aromatic heterocycles. The highest BCUT2D eigenvalue weighted by Gasteiger charge is 2.20. The number of fused-ring (bicyclic) bond motifs is 1. The minimum Gasteiger partial charge on any atom is -0.325 e. The summed E-state index contributed by atoms with van der Waals surface area (Å²) in [7, 11) is 1.74. The molecule has 0 aliphatic carbocycles. The average Bonchev–Trinajstić information content (AvgIpc) is 2.69. The van der Waals surface area contributed by atoms with Gasteiger partial charge in [0.25, 0.3) is 0 Å². The highest BCUT2D eigenvalue weighted by molar-refractivity contribution is 9.10. The van der Waals surface area contributed by atoms with Gasteiger partial charge in [-0.25, -0.2) is 4.98 Å². The number of hydrogen-bond donors (Lipinski definition) is 2. The molecule has 144 valence electrons. The number of amides is 2. The maximum atomic E-state index is 12.6. The number of aromatic nitrogens is 1. The number of hydrogen-bond acceptors (Lipinski definition) is 4. The van der Waals surface area contributed by atoms with E-state index in [9.17, 15) is 9.59 Å². The van der Waals surface area contributed by atoms with Crippen LogP contribution in [0.1, 0.15) is 6.92 Å². The van der Waals surface area contributed by atoms with Gasteiger partial charge >= 0.3 is 0 Å². The molecule has 1 atom stereocenters. The fraction of sp³-hybridized carbons (Fsp3) is 0.190. The second kappa shape index (κ2) is 8.95. The van der Waals surface area contributed by atoms with Crippen molar-refractivity contribution in [2.24, 2.45) is 0 Å². The van der Waals surface area contributed by atoms with E-state index in [-0.39, 0.29) is 18.4 Å². The Morgan fingerprint density at radius 2 is 1.82 bits per heavy atom. The number of likely N-dealkylation sites (N-methyl/N-ethyl adjacent to an activating group) is 1. The number of carbonyl (C=O) groups is 2. The standard InChI is InChI=1S/C21H21BrN4O2/c1-14(26(2)13-20(27)25-19-10-8-17(22)12-23-19)21(28)24-18-9-7-15-5-3-4-6-16(15)11-18/h3-12,14H,13H2,1-2H3,(H,24,28)(H,23,25,27). The maximum absolute atomic E-state index is 12.6. The zero-order chi connectivity index (χ0) is 20.1. The topological polar surface area (TPSA) is 74.3 Å². The molecule has 0 aliphatic rings. The number of anilines is 2. The molecule has 3 rings (SSSR count). The van der Waals surface area contributed by atoms with Crippen LogP contribution < -0.4 is 10.6 Å². The largest absolute Gasteiger partial charge is 0.325 e. The van der Waals surface area contributed by atoms with Gasteiger partial charge in [0.05, 0.1) is 12.6 Å². The first-order valence-corrected chi connectivity index (χ1v) is 9.63. The van der Waals surface area contributed by atoms with Crippen molar-refractivity contribution in [2.75, 3.05) is 24.2 Å². The van der Waals surface area contributed by atoms with Gasteiger partial charge in [0.15, 0.2) is 0 Å². The fourth-order valence-corrected chi connectivity index (χ4v) is 2.94. The Morgan fingerprint density at radius 3 is 2.54 bits per heavy atom. The Morgan fingerprint density at radius 1 is 1.07 bits per heavy atom. The third-order valence-corrected chi connectivity index (χ3v) is 4.91. The van der Waals surface area contributed by atoms with Gasteiger partial charge in [0, 0.05) is 16.4 Å². The van der Waals surface area contributed by atoms with Crippen molar-refractivity contribution in [3.05, 3.63) is 65.3 Å². The lowest BCUT2D eigenvalue weighted by Gasteiger charge is -2.23. The molecule has 0 saturated heterocycles. The van der Waals surface area contributed by atoms with Crippen LogP contribution in [0.25, 0.3) is 10.8 Å². The lowest BCUT2D eigenvalue weighted by atomic mass is 10.1. The van der Waals surface area contributed by atoms with Gasteiger partial charge in [-0.15, -0.1) is 0 Å². The predicted octanol–water partition coefficient (Wildman–Crippen LogP) is 3.89. The second-order valence-corrected chi connectivity index (χ2v) is 7.47. The predicted molar refractivity (Wildman–Crippen MR) is 115 cm³/mol. The highest BCUT2D eigenvalue weighted by Crippen LogP contribution is 2.19. The van der Waals surface area contributed by atoms with E-state index in [2.05, 4.69) is 31.5 Å². The Labute approximate surface area is 172 Å². The smallest absolute Gasteiger partial charge is 0.241 e. The lowest BCUT2D eigenvalue weighted by molar-refractivity contribution is -0.122. The first kappa shape index (κ1) is 20.0. The molecule has 3 aromatic rings. The molecule has 2 aromatic carbocycles. The molecule has 1 heterocycles. The van der Waals surface area contributed by atoms with Crippen molar-refractivity contribution in [1.29, 1.82) is 0 Å².